The minimum absolute atomic E-state index is 0.433. The summed E-state index contributed by atoms with van der Waals surface area (Å²) in [6, 6.07) is 13.0. The maximum atomic E-state index is 10.3. The van der Waals surface area contributed by atoms with Crippen LogP contribution in [0.2, 0.25) is 10.0 Å². The molecule has 0 saturated carbocycles. The summed E-state index contributed by atoms with van der Waals surface area (Å²) in [6.45, 7) is 0. The topological polar surface area (TPSA) is 29.5 Å². The fraction of sp³-hybridized carbons (Fsp3) is 0.200. The van der Waals surface area contributed by atoms with Crippen LogP contribution >= 0.6 is 23.2 Å². The Hall–Kier alpha value is -1.22. The smallest absolute Gasteiger partial charge is 0.137 e. The van der Waals surface area contributed by atoms with Crippen molar-refractivity contribution in [3.05, 3.63) is 63.6 Å². The van der Waals surface area contributed by atoms with Crippen LogP contribution in [0, 0.1) is 0 Å². The zero-order chi connectivity index (χ0) is 13.8. The van der Waals surface area contributed by atoms with Crippen LogP contribution in [0.3, 0.4) is 0 Å². The molecule has 1 unspecified atom stereocenters. The molecule has 4 heteroatoms. The van der Waals surface area contributed by atoms with E-state index >= 15 is 0 Å². The van der Waals surface area contributed by atoms with E-state index in [1.807, 2.05) is 30.3 Å². The number of hydrogen-bond acceptors (Lipinski definition) is 2. The Bertz CT molecular complexity index is 556. The van der Waals surface area contributed by atoms with Crippen molar-refractivity contribution in [3.8, 4) is 5.75 Å². The van der Waals surface area contributed by atoms with Gasteiger partial charge in [0.2, 0.25) is 0 Å². The first-order valence-corrected chi connectivity index (χ1v) is 6.62. The van der Waals surface area contributed by atoms with E-state index in [1.54, 1.807) is 12.1 Å². The lowest BCUT2D eigenvalue weighted by molar-refractivity contribution is 0.178. The summed E-state index contributed by atoms with van der Waals surface area (Å²) >= 11 is 12.1. The highest BCUT2D eigenvalue weighted by Crippen LogP contribution is 2.34. The molecule has 2 aromatic carbocycles. The molecule has 1 atom stereocenters. The fourth-order valence-electron chi connectivity index (χ4n) is 1.90. The summed E-state index contributed by atoms with van der Waals surface area (Å²) in [5.41, 5.74) is 1.66. The van der Waals surface area contributed by atoms with Gasteiger partial charge in [0.05, 0.1) is 18.2 Å². The predicted molar refractivity (Wildman–Crippen MR) is 78.1 cm³/mol. The largest absolute Gasteiger partial charge is 0.495 e. The molecule has 0 aliphatic carbocycles. The van der Waals surface area contributed by atoms with E-state index in [4.69, 9.17) is 27.9 Å². The van der Waals surface area contributed by atoms with Crippen LogP contribution in [0.4, 0.5) is 0 Å². The van der Waals surface area contributed by atoms with Crippen molar-refractivity contribution >= 4 is 23.2 Å². The highest BCUT2D eigenvalue weighted by molar-refractivity contribution is 6.36. The molecule has 0 aliphatic heterocycles. The van der Waals surface area contributed by atoms with Gasteiger partial charge in [0.1, 0.15) is 5.75 Å². The van der Waals surface area contributed by atoms with Crippen molar-refractivity contribution in [1.82, 2.24) is 0 Å². The number of ether oxygens (including phenoxy) is 1. The number of benzene rings is 2. The average Bonchev–Trinajstić information content (AvgIpc) is 2.40. The number of aliphatic hydroxyl groups is 1. The van der Waals surface area contributed by atoms with E-state index in [0.717, 1.165) is 5.56 Å². The molecule has 1 N–H and O–H groups in total. The van der Waals surface area contributed by atoms with Crippen LogP contribution < -0.4 is 4.74 Å². The van der Waals surface area contributed by atoms with Gasteiger partial charge in [-0.3, -0.25) is 0 Å². The maximum absolute atomic E-state index is 10.3. The lowest BCUT2D eigenvalue weighted by atomic mass is 10.0. The lowest BCUT2D eigenvalue weighted by Gasteiger charge is -2.15. The quantitative estimate of drug-likeness (QED) is 0.912. The van der Waals surface area contributed by atoms with E-state index in [9.17, 15) is 5.11 Å². The van der Waals surface area contributed by atoms with Crippen molar-refractivity contribution in [2.45, 2.75) is 12.5 Å². The van der Waals surface area contributed by atoms with Crippen LogP contribution in [-0.4, -0.2) is 12.2 Å². The molecule has 0 fully saturated rings. The monoisotopic (exact) mass is 296 g/mol. The minimum Gasteiger partial charge on any atom is -0.495 e. The number of rotatable bonds is 4. The Kier molecular flexibility index (Phi) is 4.70. The normalized spacial score (nSPS) is 12.2. The zero-order valence-corrected chi connectivity index (χ0v) is 11.9. The first-order chi connectivity index (χ1) is 9.11. The highest BCUT2D eigenvalue weighted by atomic mass is 35.5. The first-order valence-electron chi connectivity index (χ1n) is 5.86. The number of methoxy groups -OCH3 is 1. The van der Waals surface area contributed by atoms with Crippen molar-refractivity contribution in [2.24, 2.45) is 0 Å². The van der Waals surface area contributed by atoms with Gasteiger partial charge in [-0.2, -0.15) is 0 Å². The lowest BCUT2D eigenvalue weighted by Crippen LogP contribution is -2.03. The Morgan fingerprint density at radius 3 is 2.42 bits per heavy atom. The van der Waals surface area contributed by atoms with Crippen LogP contribution in [0.1, 0.15) is 17.2 Å². The molecule has 0 heterocycles. The van der Waals surface area contributed by atoms with Gasteiger partial charge in [-0.1, -0.05) is 53.5 Å². The molecule has 0 radical (unpaired) electrons. The van der Waals surface area contributed by atoms with Crippen molar-refractivity contribution in [1.29, 1.82) is 0 Å². The number of halogens is 2. The molecule has 2 nitrogen and oxygen atoms in total. The van der Waals surface area contributed by atoms with Crippen molar-refractivity contribution in [2.75, 3.05) is 7.11 Å². The van der Waals surface area contributed by atoms with Gasteiger partial charge in [-0.15, -0.1) is 0 Å². The third-order valence-electron chi connectivity index (χ3n) is 2.90. The van der Waals surface area contributed by atoms with Crippen LogP contribution in [-0.2, 0) is 6.42 Å². The van der Waals surface area contributed by atoms with Gasteiger partial charge >= 0.3 is 0 Å². The molecule has 0 bridgehead atoms. The Balaban J connectivity index is 2.26. The molecule has 19 heavy (non-hydrogen) atoms. The summed E-state index contributed by atoms with van der Waals surface area (Å²) in [7, 11) is 1.53. The predicted octanol–water partition coefficient (Wildman–Crippen LogP) is 4.28. The second-order valence-corrected chi connectivity index (χ2v) is 5.03. The van der Waals surface area contributed by atoms with Crippen LogP contribution in [0.25, 0.3) is 0 Å². The molecule has 0 aliphatic rings. The second kappa shape index (κ2) is 6.29. The summed E-state index contributed by atoms with van der Waals surface area (Å²) < 4.78 is 5.14. The Morgan fingerprint density at radius 2 is 1.79 bits per heavy atom. The molecular formula is C15H14Cl2O2. The molecule has 0 spiro atoms. The van der Waals surface area contributed by atoms with Gasteiger partial charge in [0, 0.05) is 17.0 Å². The highest BCUT2D eigenvalue weighted by Gasteiger charge is 2.15. The summed E-state index contributed by atoms with van der Waals surface area (Å²) in [4.78, 5) is 0. The summed E-state index contributed by atoms with van der Waals surface area (Å²) in [5.74, 6) is 0.508. The van der Waals surface area contributed by atoms with Gasteiger partial charge in [-0.05, 0) is 17.7 Å². The van der Waals surface area contributed by atoms with Gasteiger partial charge in [0.15, 0.2) is 0 Å². The zero-order valence-electron chi connectivity index (χ0n) is 10.4. The molecule has 0 amide bonds. The minimum atomic E-state index is -0.693. The maximum Gasteiger partial charge on any atom is 0.137 e. The molecule has 0 saturated heterocycles. The van der Waals surface area contributed by atoms with Crippen LogP contribution in [0.5, 0.6) is 5.75 Å². The molecule has 100 valence electrons. The molecule has 0 aromatic heterocycles. The molecule has 2 rings (SSSR count). The van der Waals surface area contributed by atoms with E-state index in [1.165, 1.54) is 7.11 Å². The SMILES string of the molecule is COc1cc(C(O)Cc2ccccc2)c(Cl)cc1Cl. The molecular weight excluding hydrogens is 283 g/mol. The summed E-state index contributed by atoms with van der Waals surface area (Å²) in [6.07, 6.45) is -0.202. The van der Waals surface area contributed by atoms with E-state index in [-0.39, 0.29) is 0 Å². The van der Waals surface area contributed by atoms with Gasteiger partial charge < -0.3 is 9.84 Å². The third-order valence-corrected chi connectivity index (χ3v) is 3.52. The van der Waals surface area contributed by atoms with Gasteiger partial charge in [0.25, 0.3) is 0 Å². The number of hydrogen-bond donors (Lipinski definition) is 1. The average molecular weight is 297 g/mol. The summed E-state index contributed by atoms with van der Waals surface area (Å²) in [5, 5.41) is 11.2. The Morgan fingerprint density at radius 1 is 1.11 bits per heavy atom. The van der Waals surface area contributed by atoms with E-state index < -0.39 is 6.10 Å². The standard InChI is InChI=1S/C15H14Cl2O2/c1-19-15-8-11(12(16)9-13(15)17)14(18)7-10-5-3-2-4-6-10/h2-6,8-9,14,18H,7H2,1H3. The second-order valence-electron chi connectivity index (χ2n) is 4.21. The molecule has 2 aromatic rings. The van der Waals surface area contributed by atoms with Crippen molar-refractivity contribution < 1.29 is 9.84 Å². The fourth-order valence-corrected chi connectivity index (χ4v) is 2.49. The van der Waals surface area contributed by atoms with Crippen LogP contribution in [0.15, 0.2) is 42.5 Å². The third kappa shape index (κ3) is 3.41. The Labute approximate surface area is 122 Å². The number of aliphatic hydroxyl groups excluding tert-OH is 1. The first kappa shape index (κ1) is 14.2. The van der Waals surface area contributed by atoms with Crippen molar-refractivity contribution in [3.63, 3.8) is 0 Å². The van der Waals surface area contributed by atoms with E-state index in [2.05, 4.69) is 0 Å². The van der Waals surface area contributed by atoms with E-state index in [0.29, 0.717) is 27.8 Å². The van der Waals surface area contributed by atoms with Gasteiger partial charge in [-0.25, -0.2) is 0 Å².